The highest BCUT2D eigenvalue weighted by Gasteiger charge is 2.35. The van der Waals surface area contributed by atoms with Crippen LogP contribution < -0.4 is 4.74 Å². The van der Waals surface area contributed by atoms with Gasteiger partial charge in [-0.2, -0.15) is 18.3 Å². The SMILES string of the molecule is COc1ccc(-n2nc(C)c3c(C(F)(F)F)cc(-c4ccc(O)cc4)nc32)cc1. The van der Waals surface area contributed by atoms with Crippen molar-refractivity contribution in [2.45, 2.75) is 13.1 Å². The van der Waals surface area contributed by atoms with Gasteiger partial charge in [-0.3, -0.25) is 0 Å². The molecule has 4 aromatic rings. The predicted octanol–water partition coefficient (Wildman–Crippen LogP) is 5.13. The Morgan fingerprint density at radius 3 is 2.24 bits per heavy atom. The zero-order chi connectivity index (χ0) is 20.8. The number of hydrogen-bond acceptors (Lipinski definition) is 4. The zero-order valence-electron chi connectivity index (χ0n) is 15.5. The number of rotatable bonds is 3. The van der Waals surface area contributed by atoms with E-state index in [-0.39, 0.29) is 28.2 Å². The summed E-state index contributed by atoms with van der Waals surface area (Å²) in [6.45, 7) is 1.53. The number of phenols is 1. The third-order valence-electron chi connectivity index (χ3n) is 4.60. The number of aryl methyl sites for hydroxylation is 1. The number of alkyl halides is 3. The number of nitrogens with zero attached hydrogens (tertiary/aromatic N) is 3. The minimum Gasteiger partial charge on any atom is -0.508 e. The van der Waals surface area contributed by atoms with Crippen molar-refractivity contribution < 1.29 is 23.0 Å². The van der Waals surface area contributed by atoms with Gasteiger partial charge in [-0.15, -0.1) is 0 Å². The van der Waals surface area contributed by atoms with Crippen molar-refractivity contribution in [3.05, 3.63) is 65.9 Å². The summed E-state index contributed by atoms with van der Waals surface area (Å²) < 4.78 is 48.1. The average molecular weight is 399 g/mol. The largest absolute Gasteiger partial charge is 0.508 e. The smallest absolute Gasteiger partial charge is 0.417 e. The molecule has 148 valence electrons. The lowest BCUT2D eigenvalue weighted by Gasteiger charge is -2.12. The Hall–Kier alpha value is -3.55. The molecule has 2 heterocycles. The minimum atomic E-state index is -4.58. The van der Waals surface area contributed by atoms with Crippen LogP contribution in [0, 0.1) is 6.92 Å². The van der Waals surface area contributed by atoms with Crippen LogP contribution in [0.25, 0.3) is 28.0 Å². The standard InChI is InChI=1S/C21H16F3N3O2/c1-12-19-17(21(22,23)24)11-18(13-3-7-15(28)8-4-13)25-20(19)27(26-12)14-5-9-16(29-2)10-6-14/h3-11,28H,1-2H3. The minimum absolute atomic E-state index is 0.0185. The van der Waals surface area contributed by atoms with E-state index in [0.717, 1.165) is 6.07 Å². The van der Waals surface area contributed by atoms with E-state index in [2.05, 4.69) is 10.1 Å². The summed E-state index contributed by atoms with van der Waals surface area (Å²) in [5.41, 5.74) is 0.684. The molecule has 5 nitrogen and oxygen atoms in total. The lowest BCUT2D eigenvalue weighted by atomic mass is 10.1. The molecule has 1 N–H and O–H groups in total. The Kier molecular flexibility index (Phi) is 4.41. The summed E-state index contributed by atoms with van der Waals surface area (Å²) in [4.78, 5) is 4.48. The summed E-state index contributed by atoms with van der Waals surface area (Å²) in [6.07, 6.45) is -4.58. The molecule has 0 unspecified atom stereocenters. The van der Waals surface area contributed by atoms with Gasteiger partial charge in [0.25, 0.3) is 0 Å². The molecule has 0 fully saturated rings. The molecule has 0 aliphatic heterocycles. The third-order valence-corrected chi connectivity index (χ3v) is 4.60. The van der Waals surface area contributed by atoms with Gasteiger partial charge in [0.1, 0.15) is 11.5 Å². The molecule has 2 aromatic heterocycles. The van der Waals surface area contributed by atoms with Gasteiger partial charge in [-0.1, -0.05) is 0 Å². The van der Waals surface area contributed by atoms with Crippen molar-refractivity contribution in [3.63, 3.8) is 0 Å². The number of halogens is 3. The average Bonchev–Trinajstić information content (AvgIpc) is 3.04. The maximum atomic E-state index is 13.8. The van der Waals surface area contributed by atoms with Crippen molar-refractivity contribution in [3.8, 4) is 28.4 Å². The molecule has 0 aliphatic carbocycles. The first kappa shape index (κ1) is 18.8. The van der Waals surface area contributed by atoms with Gasteiger partial charge in [-0.25, -0.2) is 9.67 Å². The first-order valence-electron chi connectivity index (χ1n) is 8.69. The molecule has 0 amide bonds. The highest BCUT2D eigenvalue weighted by Crippen LogP contribution is 2.38. The van der Waals surface area contributed by atoms with E-state index in [4.69, 9.17) is 4.74 Å². The molecule has 0 spiro atoms. The van der Waals surface area contributed by atoms with Crippen LogP contribution >= 0.6 is 0 Å². The second kappa shape index (κ2) is 6.80. The number of hydrogen-bond donors (Lipinski definition) is 1. The fourth-order valence-corrected chi connectivity index (χ4v) is 3.20. The van der Waals surface area contributed by atoms with Crippen LogP contribution in [0.5, 0.6) is 11.5 Å². The Labute approximate surface area is 164 Å². The second-order valence-electron chi connectivity index (χ2n) is 6.49. The van der Waals surface area contributed by atoms with E-state index >= 15 is 0 Å². The van der Waals surface area contributed by atoms with Gasteiger partial charge in [0.15, 0.2) is 5.65 Å². The van der Waals surface area contributed by atoms with Gasteiger partial charge in [-0.05, 0) is 61.5 Å². The summed E-state index contributed by atoms with van der Waals surface area (Å²) in [7, 11) is 1.53. The molecule has 0 saturated heterocycles. The van der Waals surface area contributed by atoms with Crippen LogP contribution in [-0.4, -0.2) is 27.0 Å². The van der Waals surface area contributed by atoms with Crippen molar-refractivity contribution in [1.82, 2.24) is 14.8 Å². The lowest BCUT2D eigenvalue weighted by Crippen LogP contribution is -2.08. The van der Waals surface area contributed by atoms with Crippen LogP contribution in [-0.2, 0) is 6.18 Å². The van der Waals surface area contributed by atoms with Crippen molar-refractivity contribution in [2.75, 3.05) is 7.11 Å². The molecule has 0 bridgehead atoms. The lowest BCUT2D eigenvalue weighted by molar-refractivity contribution is -0.136. The fourth-order valence-electron chi connectivity index (χ4n) is 3.20. The molecule has 4 rings (SSSR count). The summed E-state index contributed by atoms with van der Waals surface area (Å²) in [5.74, 6) is 0.639. The van der Waals surface area contributed by atoms with E-state index in [1.807, 2.05) is 0 Å². The summed E-state index contributed by atoms with van der Waals surface area (Å²) >= 11 is 0. The maximum absolute atomic E-state index is 13.8. The van der Waals surface area contributed by atoms with Gasteiger partial charge in [0.05, 0.1) is 35.1 Å². The monoisotopic (exact) mass is 399 g/mol. The van der Waals surface area contributed by atoms with Gasteiger partial charge < -0.3 is 9.84 Å². The van der Waals surface area contributed by atoms with Crippen LogP contribution in [0.15, 0.2) is 54.6 Å². The first-order chi connectivity index (χ1) is 13.8. The Bertz CT molecular complexity index is 1180. The van der Waals surface area contributed by atoms with Crippen molar-refractivity contribution in [2.24, 2.45) is 0 Å². The van der Waals surface area contributed by atoms with E-state index < -0.39 is 11.7 Å². The van der Waals surface area contributed by atoms with E-state index in [1.54, 1.807) is 24.3 Å². The number of benzene rings is 2. The van der Waals surface area contributed by atoms with E-state index in [9.17, 15) is 18.3 Å². The van der Waals surface area contributed by atoms with Crippen LogP contribution in [0.4, 0.5) is 13.2 Å². The van der Waals surface area contributed by atoms with Crippen LogP contribution in [0.3, 0.4) is 0 Å². The van der Waals surface area contributed by atoms with Crippen LogP contribution in [0.2, 0.25) is 0 Å². The number of fused-ring (bicyclic) bond motifs is 1. The molecule has 0 radical (unpaired) electrons. The molecule has 0 aliphatic rings. The van der Waals surface area contributed by atoms with Crippen molar-refractivity contribution >= 4 is 11.0 Å². The molecule has 0 saturated carbocycles. The maximum Gasteiger partial charge on any atom is 0.417 e. The third kappa shape index (κ3) is 3.37. The normalized spacial score (nSPS) is 11.8. The Morgan fingerprint density at radius 2 is 1.66 bits per heavy atom. The number of phenolic OH excluding ortho intramolecular Hbond substituents is 1. The molecule has 0 atom stereocenters. The molecule has 2 aromatic carbocycles. The summed E-state index contributed by atoms with van der Waals surface area (Å²) in [6, 6.07) is 13.7. The summed E-state index contributed by atoms with van der Waals surface area (Å²) in [5, 5.41) is 13.7. The molecule has 29 heavy (non-hydrogen) atoms. The van der Waals surface area contributed by atoms with Gasteiger partial charge in [0.2, 0.25) is 0 Å². The number of ether oxygens (including phenoxy) is 1. The Morgan fingerprint density at radius 1 is 1.00 bits per heavy atom. The van der Waals surface area contributed by atoms with Gasteiger partial charge >= 0.3 is 6.18 Å². The molecular weight excluding hydrogens is 383 g/mol. The number of aromatic hydroxyl groups is 1. The quantitative estimate of drug-likeness (QED) is 0.519. The molecule has 8 heteroatoms. The number of pyridine rings is 1. The predicted molar refractivity (Wildman–Crippen MR) is 102 cm³/mol. The number of aromatic nitrogens is 3. The zero-order valence-corrected chi connectivity index (χ0v) is 15.5. The van der Waals surface area contributed by atoms with Crippen LogP contribution in [0.1, 0.15) is 11.3 Å². The van der Waals surface area contributed by atoms with Crippen molar-refractivity contribution in [1.29, 1.82) is 0 Å². The van der Waals surface area contributed by atoms with Gasteiger partial charge in [0, 0.05) is 5.56 Å². The first-order valence-corrected chi connectivity index (χ1v) is 8.69. The van der Waals surface area contributed by atoms with E-state index in [0.29, 0.717) is 17.0 Å². The second-order valence-corrected chi connectivity index (χ2v) is 6.49. The topological polar surface area (TPSA) is 60.2 Å². The highest BCUT2D eigenvalue weighted by atomic mass is 19.4. The highest BCUT2D eigenvalue weighted by molar-refractivity contribution is 5.87. The number of methoxy groups -OCH3 is 1. The molecular formula is C21H16F3N3O2. The fraction of sp³-hybridized carbons (Fsp3) is 0.143. The Balaban J connectivity index is 2.01. The van der Waals surface area contributed by atoms with E-state index in [1.165, 1.54) is 43.0 Å².